The molecule has 1 aromatic heterocycles. The smallest absolute Gasteiger partial charge is 0.331 e. The second-order valence-electron chi connectivity index (χ2n) is 7.40. The maximum absolute atomic E-state index is 12.4. The minimum Gasteiger partial charge on any atom is -0.468 e. The molecule has 0 unspecified atom stereocenters. The average molecular weight is 476 g/mol. The summed E-state index contributed by atoms with van der Waals surface area (Å²) < 4.78 is 37.3. The summed E-state index contributed by atoms with van der Waals surface area (Å²) in [5.74, 6) is -0.476. The van der Waals surface area contributed by atoms with Crippen LogP contribution >= 0.6 is 0 Å². The van der Waals surface area contributed by atoms with Gasteiger partial charge < -0.3 is 9.15 Å². The molecule has 0 bridgehead atoms. The van der Waals surface area contributed by atoms with E-state index in [9.17, 15) is 18.0 Å². The number of sulfonamides is 1. The number of hydrogen-bond donors (Lipinski definition) is 1. The number of Topliss-reactive ketones (excluding diaryl/α,β-unsaturated/α-hetero) is 1. The van der Waals surface area contributed by atoms with Gasteiger partial charge in [0, 0.05) is 11.6 Å². The molecule has 1 N–H and O–H groups in total. The fourth-order valence-electron chi connectivity index (χ4n) is 3.22. The quantitative estimate of drug-likeness (QED) is 0.219. The van der Waals surface area contributed by atoms with Gasteiger partial charge in [0.05, 0.1) is 17.7 Å². The molecule has 0 amide bonds. The largest absolute Gasteiger partial charge is 0.468 e. The van der Waals surface area contributed by atoms with Crippen molar-refractivity contribution in [2.45, 2.75) is 11.4 Å². The van der Waals surface area contributed by atoms with E-state index in [0.29, 0.717) is 16.9 Å². The lowest BCUT2D eigenvalue weighted by Gasteiger charge is -2.06. The highest BCUT2D eigenvalue weighted by atomic mass is 32.2. The van der Waals surface area contributed by atoms with Crippen molar-refractivity contribution < 1.29 is 27.2 Å². The summed E-state index contributed by atoms with van der Waals surface area (Å²) in [5.41, 5.74) is 1.07. The Morgan fingerprint density at radius 1 is 0.912 bits per heavy atom. The van der Waals surface area contributed by atoms with Crippen LogP contribution in [0.5, 0.6) is 0 Å². The number of fused-ring (bicyclic) bond motifs is 1. The lowest BCUT2D eigenvalue weighted by Crippen LogP contribution is -2.22. The summed E-state index contributed by atoms with van der Waals surface area (Å²) in [5, 5.41) is 1.95. The second-order valence-corrected chi connectivity index (χ2v) is 9.17. The topological polar surface area (TPSA) is 103 Å². The standard InChI is InChI=1S/C26H21NO6S/c28-25(22-11-10-20-4-1-2-5-21(20)16-22)18-33-26(29)14-9-19-7-12-24(13-8-19)34(30,31)27-17-23-6-3-15-32-23/h1-16,27H,17-18H2/b14-9+. The van der Waals surface area contributed by atoms with E-state index in [2.05, 4.69) is 4.72 Å². The molecule has 0 saturated heterocycles. The van der Waals surface area contributed by atoms with Crippen LogP contribution in [0.15, 0.2) is 101 Å². The molecule has 3 aromatic carbocycles. The van der Waals surface area contributed by atoms with Crippen LogP contribution in [0.25, 0.3) is 16.8 Å². The van der Waals surface area contributed by atoms with Gasteiger partial charge in [-0.1, -0.05) is 48.5 Å². The monoisotopic (exact) mass is 475 g/mol. The van der Waals surface area contributed by atoms with Crippen molar-refractivity contribution in [2.24, 2.45) is 0 Å². The van der Waals surface area contributed by atoms with Crippen LogP contribution in [0.4, 0.5) is 0 Å². The van der Waals surface area contributed by atoms with E-state index >= 15 is 0 Å². The number of benzene rings is 3. The lowest BCUT2D eigenvalue weighted by atomic mass is 10.0. The Labute approximate surface area is 196 Å². The second kappa shape index (κ2) is 10.3. The number of ether oxygens (including phenoxy) is 1. The van der Waals surface area contributed by atoms with Crippen molar-refractivity contribution in [1.29, 1.82) is 0 Å². The summed E-state index contributed by atoms with van der Waals surface area (Å²) in [7, 11) is -3.71. The van der Waals surface area contributed by atoms with Gasteiger partial charge in [0.15, 0.2) is 12.4 Å². The minimum atomic E-state index is -3.71. The van der Waals surface area contributed by atoms with Gasteiger partial charge in [0.1, 0.15) is 5.76 Å². The third kappa shape index (κ3) is 5.86. The van der Waals surface area contributed by atoms with Gasteiger partial charge in [-0.05, 0) is 52.7 Å². The molecule has 172 valence electrons. The summed E-state index contributed by atoms with van der Waals surface area (Å²) in [6.45, 7) is -0.333. The Morgan fingerprint density at radius 2 is 1.68 bits per heavy atom. The number of carbonyl (C=O) groups excluding carboxylic acids is 2. The molecule has 0 fully saturated rings. The normalized spacial score (nSPS) is 11.6. The third-order valence-corrected chi connectivity index (χ3v) is 6.45. The first kappa shape index (κ1) is 23.2. The van der Waals surface area contributed by atoms with Crippen molar-refractivity contribution in [3.63, 3.8) is 0 Å². The molecule has 4 aromatic rings. The predicted molar refractivity (Wildman–Crippen MR) is 127 cm³/mol. The maximum Gasteiger partial charge on any atom is 0.331 e. The number of nitrogens with one attached hydrogen (secondary N) is 1. The lowest BCUT2D eigenvalue weighted by molar-refractivity contribution is -0.136. The van der Waals surface area contributed by atoms with E-state index in [1.165, 1.54) is 30.5 Å². The maximum atomic E-state index is 12.4. The van der Waals surface area contributed by atoms with Crippen molar-refractivity contribution in [3.05, 3.63) is 108 Å². The fraction of sp³-hybridized carbons (Fsp3) is 0.0769. The zero-order valence-electron chi connectivity index (χ0n) is 18.0. The average Bonchev–Trinajstić information content (AvgIpc) is 3.39. The van der Waals surface area contributed by atoms with Gasteiger partial charge in [0.25, 0.3) is 0 Å². The molecule has 8 heteroatoms. The molecule has 7 nitrogen and oxygen atoms in total. The van der Waals surface area contributed by atoms with Crippen LogP contribution in [0.3, 0.4) is 0 Å². The summed E-state index contributed by atoms with van der Waals surface area (Å²) in [6, 6.07) is 22.3. The molecule has 0 radical (unpaired) electrons. The van der Waals surface area contributed by atoms with E-state index < -0.39 is 16.0 Å². The van der Waals surface area contributed by atoms with Gasteiger partial charge >= 0.3 is 5.97 Å². The van der Waals surface area contributed by atoms with E-state index in [0.717, 1.165) is 10.8 Å². The first-order valence-corrected chi connectivity index (χ1v) is 11.9. The van der Waals surface area contributed by atoms with E-state index in [4.69, 9.17) is 9.15 Å². The van der Waals surface area contributed by atoms with Crippen LogP contribution in [0.1, 0.15) is 21.7 Å². The van der Waals surface area contributed by atoms with Crippen LogP contribution in [0.2, 0.25) is 0 Å². The first-order valence-electron chi connectivity index (χ1n) is 10.4. The fourth-order valence-corrected chi connectivity index (χ4v) is 4.21. The molecule has 34 heavy (non-hydrogen) atoms. The highest BCUT2D eigenvalue weighted by Gasteiger charge is 2.14. The Morgan fingerprint density at radius 3 is 2.41 bits per heavy atom. The number of carbonyl (C=O) groups is 2. The molecule has 4 rings (SSSR count). The number of furan rings is 1. The van der Waals surface area contributed by atoms with Gasteiger partial charge in [-0.25, -0.2) is 17.9 Å². The van der Waals surface area contributed by atoms with Crippen molar-refractivity contribution in [1.82, 2.24) is 4.72 Å². The molecule has 0 aliphatic carbocycles. The number of hydrogen-bond acceptors (Lipinski definition) is 6. The van der Waals surface area contributed by atoms with E-state index in [1.54, 1.807) is 36.4 Å². The van der Waals surface area contributed by atoms with Crippen molar-refractivity contribution in [3.8, 4) is 0 Å². The molecular formula is C26H21NO6S. The molecule has 0 atom stereocenters. The van der Waals surface area contributed by atoms with E-state index in [1.807, 2.05) is 30.3 Å². The molecular weight excluding hydrogens is 454 g/mol. The molecule has 0 aliphatic rings. The number of esters is 1. The Balaban J connectivity index is 1.30. The molecule has 0 saturated carbocycles. The zero-order valence-corrected chi connectivity index (χ0v) is 18.8. The summed E-state index contributed by atoms with van der Waals surface area (Å²) in [4.78, 5) is 24.5. The van der Waals surface area contributed by atoms with Crippen LogP contribution in [0, 0.1) is 0 Å². The predicted octanol–water partition coefficient (Wildman–Crippen LogP) is 4.35. The highest BCUT2D eigenvalue weighted by molar-refractivity contribution is 7.89. The van der Waals surface area contributed by atoms with Crippen molar-refractivity contribution in [2.75, 3.05) is 6.61 Å². The molecule has 0 spiro atoms. The van der Waals surface area contributed by atoms with Crippen molar-refractivity contribution >= 4 is 38.6 Å². The number of rotatable bonds is 9. The Bertz CT molecular complexity index is 1440. The zero-order chi connectivity index (χ0) is 24.0. The molecule has 0 aliphatic heterocycles. The van der Waals surface area contributed by atoms with Crippen LogP contribution < -0.4 is 4.72 Å². The first-order chi connectivity index (χ1) is 16.4. The van der Waals surface area contributed by atoms with Crippen LogP contribution in [-0.2, 0) is 26.1 Å². The van der Waals surface area contributed by atoms with Gasteiger partial charge in [-0.3, -0.25) is 4.79 Å². The summed E-state index contributed by atoms with van der Waals surface area (Å²) in [6.07, 6.45) is 4.14. The summed E-state index contributed by atoms with van der Waals surface area (Å²) >= 11 is 0. The van der Waals surface area contributed by atoms with Crippen LogP contribution in [-0.4, -0.2) is 26.8 Å². The minimum absolute atomic E-state index is 0.0424. The molecule has 1 heterocycles. The van der Waals surface area contributed by atoms with Gasteiger partial charge in [-0.2, -0.15) is 0 Å². The van der Waals surface area contributed by atoms with Gasteiger partial charge in [0.2, 0.25) is 10.0 Å². The third-order valence-electron chi connectivity index (χ3n) is 5.04. The van der Waals surface area contributed by atoms with Gasteiger partial charge in [-0.15, -0.1) is 0 Å². The number of ketones is 1. The SMILES string of the molecule is O=C(/C=C/c1ccc(S(=O)(=O)NCc2ccco2)cc1)OCC(=O)c1ccc2ccccc2c1. The van der Waals surface area contributed by atoms with E-state index in [-0.39, 0.29) is 23.8 Å². The Hall–Kier alpha value is -4.01. The Kier molecular flexibility index (Phi) is 7.01. The highest BCUT2D eigenvalue weighted by Crippen LogP contribution is 2.16.